The smallest absolute Gasteiger partial charge is 0.409 e. The summed E-state index contributed by atoms with van der Waals surface area (Å²) in [6.07, 6.45) is 3.30. The minimum absolute atomic E-state index is 0.106. The second-order valence-corrected chi connectivity index (χ2v) is 7.86. The monoisotopic (exact) mass is 467 g/mol. The van der Waals surface area contributed by atoms with Gasteiger partial charge in [-0.15, -0.1) is 0 Å². The minimum Gasteiger partial charge on any atom is -0.493 e. The van der Waals surface area contributed by atoms with Crippen molar-refractivity contribution in [1.82, 2.24) is 25.2 Å². The van der Waals surface area contributed by atoms with E-state index in [1.165, 1.54) is 6.33 Å². The fourth-order valence-electron chi connectivity index (χ4n) is 4.28. The van der Waals surface area contributed by atoms with Gasteiger partial charge in [0.15, 0.2) is 11.5 Å². The van der Waals surface area contributed by atoms with Crippen molar-refractivity contribution in [1.29, 1.82) is 0 Å². The van der Waals surface area contributed by atoms with Gasteiger partial charge in [-0.05, 0) is 32.4 Å². The Kier molecular flexibility index (Phi) is 5.83. The second-order valence-electron chi connectivity index (χ2n) is 7.86. The Morgan fingerprint density at radius 3 is 2.94 bits per heavy atom. The fraction of sp³-hybridized carbons (Fsp3) is 0.391. The number of carbonyl (C=O) groups is 2. The van der Waals surface area contributed by atoms with E-state index in [-0.39, 0.29) is 24.8 Å². The Labute approximate surface area is 195 Å². The molecule has 2 aliphatic rings. The third-order valence-corrected chi connectivity index (χ3v) is 5.80. The standard InChI is InChI=1S/C23H25N5O6/c1-3-31-15-5-6-16-21(34-12-33-16)17(15)19-20-18(25-11-26-19)14(9-24-20)22(29)27-13-7-8-28(10-13)23(30)32-4-2/h5-6,9,11,13,24H,3-4,7-8,10,12H2,1-2H3,(H,27,29). The molecule has 0 bridgehead atoms. The Bertz CT molecular complexity index is 1240. The molecule has 2 aliphatic heterocycles. The maximum absolute atomic E-state index is 13.1. The zero-order valence-electron chi connectivity index (χ0n) is 18.9. The molecule has 0 aliphatic carbocycles. The summed E-state index contributed by atoms with van der Waals surface area (Å²) < 4.78 is 22.1. The number of hydrogen-bond donors (Lipinski definition) is 2. The highest BCUT2D eigenvalue weighted by atomic mass is 16.7. The lowest BCUT2D eigenvalue weighted by Gasteiger charge is -2.16. The molecule has 11 nitrogen and oxygen atoms in total. The van der Waals surface area contributed by atoms with Crippen molar-refractivity contribution < 1.29 is 28.5 Å². The first-order valence-electron chi connectivity index (χ1n) is 11.2. The average Bonchev–Trinajstić information content (AvgIpc) is 3.58. The summed E-state index contributed by atoms with van der Waals surface area (Å²) in [7, 11) is 0. The van der Waals surface area contributed by atoms with E-state index < -0.39 is 0 Å². The van der Waals surface area contributed by atoms with E-state index in [0.29, 0.717) is 77.8 Å². The van der Waals surface area contributed by atoms with Crippen molar-refractivity contribution >= 4 is 23.0 Å². The van der Waals surface area contributed by atoms with Gasteiger partial charge in [0, 0.05) is 25.3 Å². The van der Waals surface area contributed by atoms with Crippen LogP contribution in [0.25, 0.3) is 22.3 Å². The summed E-state index contributed by atoms with van der Waals surface area (Å²) in [5, 5.41) is 2.99. The van der Waals surface area contributed by atoms with Crippen LogP contribution >= 0.6 is 0 Å². The van der Waals surface area contributed by atoms with E-state index in [0.717, 1.165) is 0 Å². The van der Waals surface area contributed by atoms with Crippen LogP contribution < -0.4 is 19.5 Å². The largest absolute Gasteiger partial charge is 0.493 e. The summed E-state index contributed by atoms with van der Waals surface area (Å²) in [4.78, 5) is 38.6. The number of benzene rings is 1. The number of amides is 2. The Balaban J connectivity index is 1.44. The van der Waals surface area contributed by atoms with Crippen LogP contribution in [-0.2, 0) is 4.74 Å². The molecule has 3 aromatic rings. The normalized spacial score (nSPS) is 16.6. The van der Waals surface area contributed by atoms with Crippen molar-refractivity contribution in [3.05, 3.63) is 30.2 Å². The lowest BCUT2D eigenvalue weighted by Crippen LogP contribution is -2.38. The molecule has 1 atom stereocenters. The highest BCUT2D eigenvalue weighted by Crippen LogP contribution is 2.47. The number of hydrogen-bond acceptors (Lipinski definition) is 8. The number of ether oxygens (including phenoxy) is 4. The number of likely N-dealkylation sites (tertiary alicyclic amines) is 1. The van der Waals surface area contributed by atoms with Gasteiger partial charge in [0.1, 0.15) is 23.3 Å². The fourth-order valence-corrected chi connectivity index (χ4v) is 4.28. The van der Waals surface area contributed by atoms with Gasteiger partial charge in [0.2, 0.25) is 6.79 Å². The number of aromatic nitrogens is 3. The first kappa shape index (κ1) is 21.8. The van der Waals surface area contributed by atoms with Crippen LogP contribution in [0.3, 0.4) is 0 Å². The van der Waals surface area contributed by atoms with Gasteiger partial charge in [-0.25, -0.2) is 14.8 Å². The third-order valence-electron chi connectivity index (χ3n) is 5.80. The topological polar surface area (TPSA) is 128 Å². The van der Waals surface area contributed by atoms with Gasteiger partial charge in [-0.1, -0.05) is 0 Å². The van der Waals surface area contributed by atoms with Crippen LogP contribution in [0.1, 0.15) is 30.6 Å². The van der Waals surface area contributed by atoms with E-state index in [1.54, 1.807) is 24.1 Å². The van der Waals surface area contributed by atoms with Crippen molar-refractivity contribution in [3.8, 4) is 28.5 Å². The van der Waals surface area contributed by atoms with E-state index in [2.05, 4.69) is 20.3 Å². The molecule has 2 N–H and O–H groups in total. The third kappa shape index (κ3) is 3.82. The molecule has 4 heterocycles. The molecule has 0 saturated carbocycles. The molecular formula is C23H25N5O6. The summed E-state index contributed by atoms with van der Waals surface area (Å²) in [5.41, 5.74) is 2.62. The highest BCUT2D eigenvalue weighted by Gasteiger charge is 2.30. The summed E-state index contributed by atoms with van der Waals surface area (Å²) in [5.74, 6) is 1.45. The SMILES string of the molecule is CCOC(=O)N1CCC(NC(=O)c2c[nH]c3c(-c4c(OCC)ccc5c4OCO5)ncnc23)C1. The minimum atomic E-state index is -0.365. The van der Waals surface area contributed by atoms with Gasteiger partial charge in [0.05, 0.1) is 29.9 Å². The number of nitrogens with zero attached hydrogens (tertiary/aromatic N) is 3. The summed E-state index contributed by atoms with van der Waals surface area (Å²) in [6, 6.07) is 3.44. The van der Waals surface area contributed by atoms with Gasteiger partial charge < -0.3 is 34.1 Å². The predicted molar refractivity (Wildman–Crippen MR) is 121 cm³/mol. The average molecular weight is 467 g/mol. The van der Waals surface area contributed by atoms with Gasteiger partial charge in [-0.3, -0.25) is 4.79 Å². The van der Waals surface area contributed by atoms with Gasteiger partial charge in [0.25, 0.3) is 5.91 Å². The number of aromatic amines is 1. The predicted octanol–water partition coefficient (Wildman–Crippen LogP) is 2.71. The molecule has 1 fully saturated rings. The molecule has 2 amide bonds. The lowest BCUT2D eigenvalue weighted by molar-refractivity contribution is 0.0931. The summed E-state index contributed by atoms with van der Waals surface area (Å²) >= 11 is 0. The quantitative estimate of drug-likeness (QED) is 0.566. The molecule has 1 aromatic carbocycles. The van der Waals surface area contributed by atoms with Crippen LogP contribution in [0.5, 0.6) is 17.2 Å². The molecule has 34 heavy (non-hydrogen) atoms. The van der Waals surface area contributed by atoms with Crippen molar-refractivity contribution in [2.75, 3.05) is 33.1 Å². The Hall–Kier alpha value is -4.02. The Morgan fingerprint density at radius 2 is 2.12 bits per heavy atom. The number of rotatable bonds is 6. The molecule has 178 valence electrons. The van der Waals surface area contributed by atoms with Crippen molar-refractivity contribution in [3.63, 3.8) is 0 Å². The van der Waals surface area contributed by atoms with Gasteiger partial charge in [-0.2, -0.15) is 0 Å². The van der Waals surface area contributed by atoms with E-state index in [1.807, 2.05) is 13.0 Å². The number of carbonyl (C=O) groups excluding carboxylic acids is 2. The van der Waals surface area contributed by atoms with Crippen molar-refractivity contribution in [2.24, 2.45) is 0 Å². The van der Waals surface area contributed by atoms with Crippen LogP contribution in [0, 0.1) is 0 Å². The molecule has 5 rings (SSSR count). The van der Waals surface area contributed by atoms with Crippen LogP contribution in [0.2, 0.25) is 0 Å². The number of H-pyrrole nitrogens is 1. The zero-order chi connectivity index (χ0) is 23.7. The zero-order valence-corrected chi connectivity index (χ0v) is 18.9. The molecule has 1 saturated heterocycles. The first-order valence-corrected chi connectivity index (χ1v) is 11.2. The molecule has 0 radical (unpaired) electrons. The Morgan fingerprint density at radius 1 is 1.24 bits per heavy atom. The highest BCUT2D eigenvalue weighted by molar-refractivity contribution is 6.08. The van der Waals surface area contributed by atoms with Crippen molar-refractivity contribution in [2.45, 2.75) is 26.3 Å². The molecule has 0 spiro atoms. The lowest BCUT2D eigenvalue weighted by atomic mass is 10.1. The number of fused-ring (bicyclic) bond motifs is 2. The molecule has 11 heteroatoms. The maximum atomic E-state index is 13.1. The maximum Gasteiger partial charge on any atom is 0.409 e. The van der Waals surface area contributed by atoms with E-state index in [9.17, 15) is 9.59 Å². The van der Waals surface area contributed by atoms with E-state index >= 15 is 0 Å². The van der Waals surface area contributed by atoms with Crippen LogP contribution in [0.15, 0.2) is 24.7 Å². The van der Waals surface area contributed by atoms with Gasteiger partial charge >= 0.3 is 6.09 Å². The van der Waals surface area contributed by atoms with Crippen LogP contribution in [0.4, 0.5) is 4.79 Å². The van der Waals surface area contributed by atoms with Crippen LogP contribution in [-0.4, -0.2) is 71.0 Å². The first-order chi connectivity index (χ1) is 16.6. The molecule has 1 unspecified atom stereocenters. The second kappa shape index (κ2) is 9.08. The van der Waals surface area contributed by atoms with E-state index in [4.69, 9.17) is 18.9 Å². The molecular weight excluding hydrogens is 442 g/mol. The summed E-state index contributed by atoms with van der Waals surface area (Å²) in [6.45, 7) is 5.48. The molecule has 2 aromatic heterocycles. The number of nitrogens with one attached hydrogen (secondary N) is 2.